The van der Waals surface area contributed by atoms with Gasteiger partial charge in [-0.15, -0.1) is 0 Å². The molecule has 0 radical (unpaired) electrons. The van der Waals surface area contributed by atoms with E-state index in [1.54, 1.807) is 0 Å². The van der Waals surface area contributed by atoms with E-state index < -0.39 is 3.25 Å². The molecule has 0 saturated heterocycles. The Hall–Kier alpha value is 1.69. The summed E-state index contributed by atoms with van der Waals surface area (Å²) in [6.07, 6.45) is 0. The number of halogens is 4. The van der Waals surface area contributed by atoms with Crippen molar-refractivity contribution in [1.29, 1.82) is 0 Å². The SMILES string of the molecule is ClC(Cl)(Cl)Cl.O.O.O.O.O.O.[H-].[H-].[Mg+2]. The van der Waals surface area contributed by atoms with Crippen LogP contribution in [-0.4, -0.2) is 59.2 Å². The molecule has 0 aliphatic carbocycles. The Morgan fingerprint density at radius 1 is 0.583 bits per heavy atom. The summed E-state index contributed by atoms with van der Waals surface area (Å²) in [4.78, 5) is 0. The molecule has 0 amide bonds. The van der Waals surface area contributed by atoms with Gasteiger partial charge in [-0.2, -0.15) is 0 Å². The molecule has 0 aromatic heterocycles. The number of hydrogen-bond donors (Lipinski definition) is 0. The molecular weight excluding hydrogens is 274 g/mol. The summed E-state index contributed by atoms with van der Waals surface area (Å²) >= 11 is 19.3. The van der Waals surface area contributed by atoms with Gasteiger partial charge < -0.3 is 35.7 Å². The topological polar surface area (TPSA) is 189 Å². The van der Waals surface area contributed by atoms with Crippen LogP contribution in [0.15, 0.2) is 0 Å². The van der Waals surface area contributed by atoms with E-state index >= 15 is 0 Å². The van der Waals surface area contributed by atoms with Crippen LogP contribution in [0.25, 0.3) is 0 Å². The molecular formula is CH14Cl4MgO6. The maximum absolute atomic E-state index is 4.83. The van der Waals surface area contributed by atoms with Crippen LogP contribution in [0.3, 0.4) is 0 Å². The molecule has 0 unspecified atom stereocenters. The molecule has 0 aliphatic rings. The average Bonchev–Trinajstić information content (AvgIpc) is 0.722. The van der Waals surface area contributed by atoms with E-state index in [1.165, 1.54) is 0 Å². The van der Waals surface area contributed by atoms with Gasteiger partial charge in [0.25, 0.3) is 3.25 Å². The molecule has 0 aromatic carbocycles. The molecule has 0 rings (SSSR count). The van der Waals surface area contributed by atoms with Gasteiger partial charge in [-0.05, 0) is 0 Å². The fourth-order valence-electron chi connectivity index (χ4n) is 0. The van der Waals surface area contributed by atoms with Crippen molar-refractivity contribution in [2.45, 2.75) is 3.25 Å². The summed E-state index contributed by atoms with van der Waals surface area (Å²) in [6, 6.07) is 0. The summed E-state index contributed by atoms with van der Waals surface area (Å²) in [6.45, 7) is 0. The maximum atomic E-state index is 4.83. The van der Waals surface area contributed by atoms with Crippen molar-refractivity contribution in [3.8, 4) is 0 Å². The first kappa shape index (κ1) is 68.1. The molecule has 0 bridgehead atoms. The van der Waals surface area contributed by atoms with Crippen LogP contribution in [0.4, 0.5) is 0 Å². The van der Waals surface area contributed by atoms with Gasteiger partial charge >= 0.3 is 23.1 Å². The summed E-state index contributed by atoms with van der Waals surface area (Å²) in [7, 11) is 0. The van der Waals surface area contributed by atoms with Crippen LogP contribution in [-0.2, 0) is 0 Å². The van der Waals surface area contributed by atoms with Gasteiger partial charge in [-0.1, -0.05) is 46.4 Å². The zero-order valence-electron chi connectivity index (χ0n) is 7.72. The fourth-order valence-corrected chi connectivity index (χ4v) is 0. The minimum atomic E-state index is -1.61. The van der Waals surface area contributed by atoms with Crippen LogP contribution < -0.4 is 0 Å². The second-order valence-corrected chi connectivity index (χ2v) is 3.86. The molecule has 0 spiro atoms. The Labute approximate surface area is 108 Å². The molecule has 0 aliphatic heterocycles. The third kappa shape index (κ3) is 469. The smallest absolute Gasteiger partial charge is 1.00 e. The van der Waals surface area contributed by atoms with Crippen LogP contribution in [0.1, 0.15) is 2.85 Å². The summed E-state index contributed by atoms with van der Waals surface area (Å²) in [5.41, 5.74) is 0. The Balaban J connectivity index is -0.00000000222. The predicted octanol–water partition coefficient (Wildman–Crippen LogP) is -2.55. The van der Waals surface area contributed by atoms with Crippen LogP contribution >= 0.6 is 46.4 Å². The monoisotopic (exact) mass is 286 g/mol. The van der Waals surface area contributed by atoms with Crippen molar-refractivity contribution < 1.29 is 35.7 Å². The van der Waals surface area contributed by atoms with Gasteiger partial charge in [0.1, 0.15) is 0 Å². The normalized spacial score (nSPS) is 5.00. The molecule has 6 nitrogen and oxygen atoms in total. The van der Waals surface area contributed by atoms with Gasteiger partial charge in [0.2, 0.25) is 0 Å². The zero-order chi connectivity index (χ0) is 4.50. The van der Waals surface area contributed by atoms with Crippen LogP contribution in [0.5, 0.6) is 0 Å². The van der Waals surface area contributed by atoms with Crippen LogP contribution in [0, 0.1) is 0 Å². The van der Waals surface area contributed by atoms with Crippen LogP contribution in [0.2, 0.25) is 0 Å². The molecule has 11 heteroatoms. The van der Waals surface area contributed by atoms with Crippen molar-refractivity contribution in [3.63, 3.8) is 0 Å². The summed E-state index contributed by atoms with van der Waals surface area (Å²) < 4.78 is -1.61. The molecule has 84 valence electrons. The van der Waals surface area contributed by atoms with Crippen molar-refractivity contribution in [2.75, 3.05) is 0 Å². The average molecular weight is 288 g/mol. The van der Waals surface area contributed by atoms with Crippen molar-refractivity contribution >= 4 is 69.5 Å². The number of rotatable bonds is 0. The fraction of sp³-hybridized carbons (Fsp3) is 1.00. The number of hydrogen-bond acceptors (Lipinski definition) is 0. The molecule has 0 saturated carbocycles. The maximum Gasteiger partial charge on any atom is 2.00 e. The standard InChI is InChI=1S/CCl4.Mg.6H2O.2H/c2-1(3,4)5;;;;;;;;;/h;;6*1H2;;/q;+2;;;;;;;2*-1. The van der Waals surface area contributed by atoms with Crippen molar-refractivity contribution in [2.24, 2.45) is 0 Å². The van der Waals surface area contributed by atoms with E-state index in [0.717, 1.165) is 0 Å². The first-order valence-electron chi connectivity index (χ1n) is 0.756. The quantitative estimate of drug-likeness (QED) is 0.335. The second kappa shape index (κ2) is 29.3. The Morgan fingerprint density at radius 2 is 0.583 bits per heavy atom. The van der Waals surface area contributed by atoms with Crippen molar-refractivity contribution in [1.82, 2.24) is 0 Å². The first-order valence-corrected chi connectivity index (χ1v) is 2.27. The van der Waals surface area contributed by atoms with Gasteiger partial charge in [0.05, 0.1) is 0 Å². The Morgan fingerprint density at radius 3 is 0.583 bits per heavy atom. The number of alkyl halides is 4. The van der Waals surface area contributed by atoms with E-state index in [2.05, 4.69) is 0 Å². The van der Waals surface area contributed by atoms with Gasteiger partial charge in [-0.25, -0.2) is 0 Å². The first-order chi connectivity index (χ1) is 2.00. The summed E-state index contributed by atoms with van der Waals surface area (Å²) in [5, 5.41) is 0. The molecule has 12 N–H and O–H groups in total. The Bertz CT molecular complexity index is 43.3. The zero-order valence-corrected chi connectivity index (χ0v) is 10.2. The predicted molar refractivity (Wildman–Crippen MR) is 55.8 cm³/mol. The minimum Gasteiger partial charge on any atom is -1.00 e. The Kier molecular flexibility index (Phi) is 166. The van der Waals surface area contributed by atoms with Crippen molar-refractivity contribution in [3.05, 3.63) is 0 Å². The molecule has 0 aromatic rings. The molecule has 0 fully saturated rings. The molecule has 12 heavy (non-hydrogen) atoms. The van der Waals surface area contributed by atoms with E-state index in [1.807, 2.05) is 0 Å². The third-order valence-electron chi connectivity index (χ3n) is 0. The second-order valence-electron chi connectivity index (χ2n) is 0.429. The third-order valence-corrected chi connectivity index (χ3v) is 0. The van der Waals surface area contributed by atoms with Gasteiger partial charge in [0, 0.05) is 0 Å². The summed E-state index contributed by atoms with van der Waals surface area (Å²) in [5.74, 6) is 0. The van der Waals surface area contributed by atoms with E-state index in [4.69, 9.17) is 46.4 Å². The molecule has 0 heterocycles. The van der Waals surface area contributed by atoms with Gasteiger partial charge in [-0.3, -0.25) is 0 Å². The molecule has 0 atom stereocenters. The van der Waals surface area contributed by atoms with Gasteiger partial charge in [0.15, 0.2) is 0 Å². The van der Waals surface area contributed by atoms with E-state index in [0.29, 0.717) is 0 Å². The largest absolute Gasteiger partial charge is 2.00 e. The van der Waals surface area contributed by atoms with E-state index in [-0.39, 0.29) is 58.8 Å². The minimum absolute atomic E-state index is 0. The van der Waals surface area contributed by atoms with E-state index in [9.17, 15) is 0 Å².